The molecule has 0 spiro atoms. The van der Waals surface area contributed by atoms with E-state index < -0.39 is 17.7 Å². The minimum absolute atomic E-state index is 0.102. The summed E-state index contributed by atoms with van der Waals surface area (Å²) in [6.07, 6.45) is 7.38. The highest BCUT2D eigenvalue weighted by molar-refractivity contribution is 5.36. The van der Waals surface area contributed by atoms with Crippen molar-refractivity contribution < 1.29 is 23.0 Å². The van der Waals surface area contributed by atoms with Gasteiger partial charge in [0.25, 0.3) is 0 Å². The Morgan fingerprint density at radius 3 is 2.61 bits per heavy atom. The number of nitrogens with zero attached hydrogens (tertiary/aromatic N) is 2. The van der Waals surface area contributed by atoms with Crippen molar-refractivity contribution in [1.29, 1.82) is 0 Å². The molecule has 0 aliphatic heterocycles. The van der Waals surface area contributed by atoms with Crippen molar-refractivity contribution in [3.63, 3.8) is 0 Å². The molecule has 4 aliphatic carbocycles. The predicted molar refractivity (Wildman–Crippen MR) is 133 cm³/mol. The Balaban J connectivity index is 1.31. The van der Waals surface area contributed by atoms with E-state index in [0.717, 1.165) is 57.1 Å². The fourth-order valence-electron chi connectivity index (χ4n) is 9.34. The van der Waals surface area contributed by atoms with Gasteiger partial charge in [0.1, 0.15) is 0 Å². The average molecular weight is 512 g/mol. The molecule has 5 nitrogen and oxygen atoms in total. The van der Waals surface area contributed by atoms with Gasteiger partial charge >= 0.3 is 6.18 Å². The Kier molecular flexibility index (Phi) is 7.16. The number of rotatable bonds is 7. The average Bonchev–Trinajstić information content (AvgIpc) is 3.44. The first kappa shape index (κ1) is 26.3. The van der Waals surface area contributed by atoms with Gasteiger partial charge in [-0.1, -0.05) is 6.92 Å². The van der Waals surface area contributed by atoms with Crippen molar-refractivity contribution in [3.8, 4) is 0 Å². The van der Waals surface area contributed by atoms with Crippen LogP contribution in [0.3, 0.4) is 0 Å². The van der Waals surface area contributed by atoms with E-state index in [4.69, 9.17) is 4.74 Å². The van der Waals surface area contributed by atoms with Crippen LogP contribution in [0.2, 0.25) is 0 Å². The van der Waals surface area contributed by atoms with Gasteiger partial charge in [0.05, 0.1) is 36.6 Å². The molecule has 0 radical (unpaired) electrons. The number of anilines is 1. The fraction of sp³-hybridized carbons (Fsp3) is 0.893. The van der Waals surface area contributed by atoms with Crippen LogP contribution in [0.25, 0.3) is 0 Å². The molecular weight excluding hydrogens is 467 g/mol. The highest BCUT2D eigenvalue weighted by atomic mass is 19.4. The summed E-state index contributed by atoms with van der Waals surface area (Å²) in [5.74, 6) is 0.919. The van der Waals surface area contributed by atoms with Crippen LogP contribution >= 0.6 is 0 Å². The van der Waals surface area contributed by atoms with Crippen LogP contribution < -0.4 is 5.32 Å². The van der Waals surface area contributed by atoms with E-state index in [0.29, 0.717) is 49.2 Å². The molecular formula is C28H44F3N3O2. The molecule has 0 saturated heterocycles. The minimum atomic E-state index is -4.24. The monoisotopic (exact) mass is 511 g/mol. The lowest BCUT2D eigenvalue weighted by Crippen LogP contribution is -2.53. The van der Waals surface area contributed by atoms with Crippen LogP contribution in [0.1, 0.15) is 71.6 Å². The maximum absolute atomic E-state index is 14.5. The van der Waals surface area contributed by atoms with Crippen LogP contribution in [0.15, 0.2) is 12.4 Å². The summed E-state index contributed by atoms with van der Waals surface area (Å²) < 4.78 is 50.6. The van der Waals surface area contributed by atoms with Crippen molar-refractivity contribution in [3.05, 3.63) is 12.4 Å². The zero-order chi connectivity index (χ0) is 25.7. The summed E-state index contributed by atoms with van der Waals surface area (Å²) in [5.41, 5.74) is -0.229. The third kappa shape index (κ3) is 4.70. The van der Waals surface area contributed by atoms with Gasteiger partial charge in [0.2, 0.25) is 0 Å². The Labute approximate surface area is 213 Å². The number of halogens is 3. The molecule has 4 saturated carbocycles. The highest BCUT2D eigenvalue weighted by Gasteiger charge is 2.62. The van der Waals surface area contributed by atoms with Crippen LogP contribution in [-0.4, -0.2) is 46.9 Å². The van der Waals surface area contributed by atoms with Crippen LogP contribution in [0, 0.1) is 46.8 Å². The van der Waals surface area contributed by atoms with E-state index in [2.05, 4.69) is 17.3 Å². The molecule has 4 fully saturated rings. The number of hydrogen-bond donors (Lipinski definition) is 2. The summed E-state index contributed by atoms with van der Waals surface area (Å²) in [5, 5.41) is 18.3. The fourth-order valence-corrected chi connectivity index (χ4v) is 9.34. The van der Waals surface area contributed by atoms with E-state index in [9.17, 15) is 18.3 Å². The van der Waals surface area contributed by atoms with Gasteiger partial charge in [-0.25, -0.2) is 0 Å². The normalized spacial score (nSPS) is 41.3. The van der Waals surface area contributed by atoms with Crippen LogP contribution in [-0.2, 0) is 11.3 Å². The predicted octanol–water partition coefficient (Wildman–Crippen LogP) is 6.14. The molecule has 1 aromatic rings. The molecule has 0 bridgehead atoms. The second kappa shape index (κ2) is 9.79. The first-order valence-electron chi connectivity index (χ1n) is 14.1. The summed E-state index contributed by atoms with van der Waals surface area (Å²) in [6.45, 7) is 5.09. The molecule has 0 unspecified atom stereocenters. The van der Waals surface area contributed by atoms with Crippen LogP contribution in [0.5, 0.6) is 0 Å². The molecule has 36 heavy (non-hydrogen) atoms. The standard InChI is InChI=1S/C28H44F3N3O2/c1-4-36-17-27(35)12-10-20-18(13-27)5-6-22-21(20)9-11-26(2)23(22)7-8-24(26)25(28(29,30)31)16-34-15-19(32-3)14-33-34/h14-15,18,20-25,32,35H,4-13,16-17H2,1-3H3/t18-,20+,21-,22-,23+,24-,25+,26+,27-/m1/s1. The van der Waals surface area contributed by atoms with E-state index in [1.54, 1.807) is 19.4 Å². The maximum atomic E-state index is 14.5. The van der Waals surface area contributed by atoms with Crippen molar-refractivity contribution in [2.24, 2.45) is 46.8 Å². The Bertz CT molecular complexity index is 907. The van der Waals surface area contributed by atoms with Crippen molar-refractivity contribution in [2.45, 2.75) is 90.0 Å². The number of fused-ring (bicyclic) bond motifs is 5. The van der Waals surface area contributed by atoms with Gasteiger partial charge in [-0.3, -0.25) is 4.68 Å². The lowest BCUT2D eigenvalue weighted by Gasteiger charge is -2.57. The van der Waals surface area contributed by atoms with E-state index >= 15 is 0 Å². The third-order valence-corrected chi connectivity index (χ3v) is 11.0. The molecule has 1 aromatic heterocycles. The van der Waals surface area contributed by atoms with E-state index in [1.165, 1.54) is 4.68 Å². The van der Waals surface area contributed by atoms with Gasteiger partial charge in [0, 0.05) is 19.9 Å². The molecule has 9 atom stereocenters. The zero-order valence-corrected chi connectivity index (χ0v) is 22.1. The summed E-state index contributed by atoms with van der Waals surface area (Å²) >= 11 is 0. The van der Waals surface area contributed by atoms with E-state index in [-0.39, 0.29) is 17.9 Å². The van der Waals surface area contributed by atoms with Crippen molar-refractivity contribution >= 4 is 5.69 Å². The van der Waals surface area contributed by atoms with Gasteiger partial charge in [-0.15, -0.1) is 0 Å². The second-order valence-corrected chi connectivity index (χ2v) is 12.6. The van der Waals surface area contributed by atoms with Crippen molar-refractivity contribution in [1.82, 2.24) is 9.78 Å². The molecule has 4 aliphatic rings. The first-order chi connectivity index (χ1) is 17.1. The first-order valence-corrected chi connectivity index (χ1v) is 14.1. The molecule has 2 N–H and O–H groups in total. The van der Waals surface area contributed by atoms with Crippen LogP contribution in [0.4, 0.5) is 18.9 Å². The van der Waals surface area contributed by atoms with Crippen molar-refractivity contribution in [2.75, 3.05) is 25.6 Å². The highest BCUT2D eigenvalue weighted by Crippen LogP contribution is 2.66. The maximum Gasteiger partial charge on any atom is 0.393 e. The summed E-state index contributed by atoms with van der Waals surface area (Å²) in [6, 6.07) is 0. The van der Waals surface area contributed by atoms with Gasteiger partial charge in [-0.05, 0) is 106 Å². The Hall–Kier alpha value is -1.28. The smallest absolute Gasteiger partial charge is 0.387 e. The quantitative estimate of drug-likeness (QED) is 0.462. The molecule has 1 heterocycles. The topological polar surface area (TPSA) is 59.3 Å². The Morgan fingerprint density at radius 2 is 1.92 bits per heavy atom. The third-order valence-electron chi connectivity index (χ3n) is 11.0. The number of alkyl halides is 3. The zero-order valence-electron chi connectivity index (χ0n) is 22.1. The molecule has 0 aromatic carbocycles. The number of aromatic nitrogens is 2. The SMILES string of the molecule is CCOC[C@@]1(O)CC[C@H]2[C@H](CC[C@@H]3[C@@H]2CC[C@]2(C)[C@@H]([C@H](Cn4cc(NC)cn4)C(F)(F)F)CC[C@@H]32)C1. The van der Waals surface area contributed by atoms with E-state index in [1.807, 2.05) is 6.92 Å². The van der Waals surface area contributed by atoms with Gasteiger partial charge < -0.3 is 15.2 Å². The largest absolute Gasteiger partial charge is 0.393 e. The number of nitrogens with one attached hydrogen (secondary N) is 1. The Morgan fingerprint density at radius 1 is 1.14 bits per heavy atom. The van der Waals surface area contributed by atoms with Gasteiger partial charge in [0.15, 0.2) is 0 Å². The molecule has 0 amide bonds. The summed E-state index contributed by atoms with van der Waals surface area (Å²) in [4.78, 5) is 0. The number of aliphatic hydroxyl groups is 1. The number of hydrogen-bond acceptors (Lipinski definition) is 4. The second-order valence-electron chi connectivity index (χ2n) is 12.6. The number of ether oxygens (including phenoxy) is 1. The lowest BCUT2D eigenvalue weighted by atomic mass is 9.48. The lowest BCUT2D eigenvalue weighted by molar-refractivity contribution is -0.209. The molecule has 5 rings (SSSR count). The van der Waals surface area contributed by atoms with Gasteiger partial charge in [-0.2, -0.15) is 18.3 Å². The molecule has 8 heteroatoms. The summed E-state index contributed by atoms with van der Waals surface area (Å²) in [7, 11) is 1.75. The molecule has 204 valence electrons. The minimum Gasteiger partial charge on any atom is -0.387 e.